The molecular weight excluding hydrogens is 394 g/mol. The summed E-state index contributed by atoms with van der Waals surface area (Å²) in [5.41, 5.74) is 0.977. The molecule has 2 aliphatic heterocycles. The van der Waals surface area contributed by atoms with Crippen molar-refractivity contribution >= 4 is 23.4 Å². The molecule has 3 heterocycles. The number of nitrogens with one attached hydrogen (secondary N) is 1. The molecule has 0 aliphatic carbocycles. The quantitative estimate of drug-likeness (QED) is 0.564. The van der Waals surface area contributed by atoms with Crippen LogP contribution in [0, 0.1) is 10.1 Å². The Kier molecular flexibility index (Phi) is 5.84. The molecule has 1 aromatic heterocycles. The number of nitrogens with zero attached hydrogens (tertiary/aromatic N) is 4. The molecule has 4 rings (SSSR count). The van der Waals surface area contributed by atoms with Crippen molar-refractivity contribution in [2.75, 3.05) is 44.4 Å². The fraction of sp³-hybridized carbons (Fsp3) is 0.474. The van der Waals surface area contributed by atoms with Crippen molar-refractivity contribution in [3.05, 3.63) is 52.3 Å². The van der Waals surface area contributed by atoms with Crippen LogP contribution in [0.2, 0.25) is 0 Å². The molecule has 0 bridgehead atoms. The van der Waals surface area contributed by atoms with E-state index >= 15 is 0 Å². The number of nitro groups is 1. The first-order chi connectivity index (χ1) is 14.1. The molecule has 0 saturated carbocycles. The van der Waals surface area contributed by atoms with E-state index in [9.17, 15) is 14.9 Å². The number of carbonyl (C=O) groups excluding carboxylic acids is 1. The topological polar surface area (TPSA) is 103 Å². The second-order valence-electron chi connectivity index (χ2n) is 7.23. The highest BCUT2D eigenvalue weighted by Gasteiger charge is 2.41. The van der Waals surface area contributed by atoms with Gasteiger partial charge in [0, 0.05) is 49.3 Å². The van der Waals surface area contributed by atoms with Crippen LogP contribution in [0.4, 0.5) is 5.69 Å². The zero-order valence-electron chi connectivity index (χ0n) is 16.0. The van der Waals surface area contributed by atoms with E-state index in [1.54, 1.807) is 29.1 Å². The Morgan fingerprint density at radius 2 is 2.03 bits per heavy atom. The van der Waals surface area contributed by atoms with Gasteiger partial charge in [-0.05, 0) is 30.4 Å². The summed E-state index contributed by atoms with van der Waals surface area (Å²) in [6.45, 7) is 3.85. The number of non-ortho nitro benzene ring substituents is 1. The molecule has 1 aromatic carbocycles. The van der Waals surface area contributed by atoms with Crippen molar-refractivity contribution in [3.63, 3.8) is 0 Å². The number of hydrogen-bond acceptors (Lipinski definition) is 7. The highest BCUT2D eigenvalue weighted by Crippen LogP contribution is 2.33. The molecule has 29 heavy (non-hydrogen) atoms. The van der Waals surface area contributed by atoms with Crippen LogP contribution in [-0.2, 0) is 4.74 Å². The van der Waals surface area contributed by atoms with Gasteiger partial charge in [0.1, 0.15) is 0 Å². The average molecular weight is 417 g/mol. The monoisotopic (exact) mass is 417 g/mol. The zero-order valence-corrected chi connectivity index (χ0v) is 16.8. The first-order valence-electron chi connectivity index (χ1n) is 9.57. The van der Waals surface area contributed by atoms with Gasteiger partial charge >= 0.3 is 0 Å². The predicted molar refractivity (Wildman–Crippen MR) is 110 cm³/mol. The van der Waals surface area contributed by atoms with Crippen LogP contribution in [0.3, 0.4) is 0 Å². The first-order valence-corrected chi connectivity index (χ1v) is 10.7. The highest BCUT2D eigenvalue weighted by atomic mass is 32.2. The standard InChI is InChI=1S/C19H23N5O4S/c25-18(20-13-19(6-12-29-14-19)22-8-10-28-11-9-22)17-5-7-23(21-17)15-1-3-16(4-2-15)24(26)27/h1-5,7H,6,8-14H2,(H,20,25). The Balaban J connectivity index is 1.41. The zero-order chi connectivity index (χ0) is 20.3. The summed E-state index contributed by atoms with van der Waals surface area (Å²) in [7, 11) is 0. The summed E-state index contributed by atoms with van der Waals surface area (Å²) in [6.07, 6.45) is 2.73. The fourth-order valence-electron chi connectivity index (χ4n) is 3.79. The van der Waals surface area contributed by atoms with Crippen molar-refractivity contribution in [3.8, 4) is 5.69 Å². The maximum Gasteiger partial charge on any atom is 0.271 e. The minimum absolute atomic E-state index is 0.0155. The molecule has 154 valence electrons. The molecule has 1 N–H and O–H groups in total. The van der Waals surface area contributed by atoms with Crippen LogP contribution in [-0.4, -0.2) is 75.4 Å². The van der Waals surface area contributed by atoms with Crippen molar-refractivity contribution in [1.82, 2.24) is 20.0 Å². The number of carbonyl (C=O) groups is 1. The predicted octanol–water partition coefficient (Wildman–Crippen LogP) is 1.72. The van der Waals surface area contributed by atoms with E-state index in [1.165, 1.54) is 12.1 Å². The molecule has 0 radical (unpaired) electrons. The number of morpholine rings is 1. The number of ether oxygens (including phenoxy) is 1. The number of amides is 1. The van der Waals surface area contributed by atoms with Gasteiger partial charge < -0.3 is 10.1 Å². The number of rotatable bonds is 6. The lowest BCUT2D eigenvalue weighted by Gasteiger charge is -2.43. The molecular formula is C19H23N5O4S. The highest BCUT2D eigenvalue weighted by molar-refractivity contribution is 7.99. The molecule has 10 heteroatoms. The minimum atomic E-state index is -0.447. The Morgan fingerprint density at radius 3 is 2.69 bits per heavy atom. The lowest BCUT2D eigenvalue weighted by atomic mass is 9.95. The SMILES string of the molecule is O=C(NCC1(N2CCOCC2)CCSC1)c1ccn(-c2ccc([N+](=O)[O-])cc2)n1. The molecule has 1 atom stereocenters. The molecule has 2 saturated heterocycles. The van der Waals surface area contributed by atoms with Crippen molar-refractivity contribution < 1.29 is 14.5 Å². The van der Waals surface area contributed by atoms with Gasteiger partial charge in [0.25, 0.3) is 11.6 Å². The smallest absolute Gasteiger partial charge is 0.271 e. The Bertz CT molecular complexity index is 873. The number of aromatic nitrogens is 2. The maximum atomic E-state index is 12.7. The van der Waals surface area contributed by atoms with E-state index in [0.29, 0.717) is 17.9 Å². The lowest BCUT2D eigenvalue weighted by Crippen LogP contribution is -2.59. The molecule has 2 aromatic rings. The first kappa shape index (κ1) is 19.9. The van der Waals surface area contributed by atoms with Gasteiger partial charge in [0.15, 0.2) is 5.69 Å². The summed E-state index contributed by atoms with van der Waals surface area (Å²) in [4.78, 5) is 25.5. The minimum Gasteiger partial charge on any atom is -0.379 e. The van der Waals surface area contributed by atoms with Crippen molar-refractivity contribution in [1.29, 1.82) is 0 Å². The number of benzene rings is 1. The third kappa shape index (κ3) is 4.29. The van der Waals surface area contributed by atoms with Crippen LogP contribution >= 0.6 is 11.8 Å². The second-order valence-corrected chi connectivity index (χ2v) is 8.33. The third-order valence-electron chi connectivity index (χ3n) is 5.49. The van der Waals surface area contributed by atoms with Crippen LogP contribution in [0.25, 0.3) is 5.69 Å². The van der Waals surface area contributed by atoms with E-state index in [4.69, 9.17) is 4.74 Å². The Morgan fingerprint density at radius 1 is 1.28 bits per heavy atom. The van der Waals surface area contributed by atoms with Gasteiger partial charge in [-0.2, -0.15) is 16.9 Å². The van der Waals surface area contributed by atoms with Gasteiger partial charge in [-0.3, -0.25) is 19.8 Å². The Hall–Kier alpha value is -2.43. The average Bonchev–Trinajstić information content (AvgIpc) is 3.44. The summed E-state index contributed by atoms with van der Waals surface area (Å²) in [6, 6.07) is 7.70. The van der Waals surface area contributed by atoms with Crippen LogP contribution in [0.5, 0.6) is 0 Å². The van der Waals surface area contributed by atoms with Crippen LogP contribution < -0.4 is 5.32 Å². The van der Waals surface area contributed by atoms with E-state index in [-0.39, 0.29) is 17.1 Å². The van der Waals surface area contributed by atoms with Gasteiger partial charge in [-0.15, -0.1) is 0 Å². The maximum absolute atomic E-state index is 12.7. The van der Waals surface area contributed by atoms with Crippen molar-refractivity contribution in [2.45, 2.75) is 12.0 Å². The normalized spacial score (nSPS) is 22.5. The Labute approximate surface area is 172 Å². The van der Waals surface area contributed by atoms with Gasteiger partial charge in [-0.25, -0.2) is 4.68 Å². The molecule has 2 fully saturated rings. The van der Waals surface area contributed by atoms with Crippen LogP contribution in [0.1, 0.15) is 16.9 Å². The molecule has 2 aliphatic rings. The summed E-state index contributed by atoms with van der Waals surface area (Å²) in [5.74, 6) is 1.89. The van der Waals surface area contributed by atoms with E-state index in [0.717, 1.165) is 44.2 Å². The number of nitro benzene ring substituents is 1. The van der Waals surface area contributed by atoms with E-state index in [2.05, 4.69) is 15.3 Å². The molecule has 0 spiro atoms. The number of thioether (sulfide) groups is 1. The van der Waals surface area contributed by atoms with E-state index < -0.39 is 4.92 Å². The molecule has 9 nitrogen and oxygen atoms in total. The van der Waals surface area contributed by atoms with Gasteiger partial charge in [0.2, 0.25) is 0 Å². The van der Waals surface area contributed by atoms with Gasteiger partial charge in [0.05, 0.1) is 23.8 Å². The van der Waals surface area contributed by atoms with Crippen LogP contribution in [0.15, 0.2) is 36.5 Å². The summed E-state index contributed by atoms with van der Waals surface area (Å²) in [5, 5.41) is 18.2. The van der Waals surface area contributed by atoms with Gasteiger partial charge in [-0.1, -0.05) is 0 Å². The fourth-order valence-corrected chi connectivity index (χ4v) is 5.26. The number of hydrogen-bond donors (Lipinski definition) is 1. The summed E-state index contributed by atoms with van der Waals surface area (Å²) < 4.78 is 7.02. The lowest BCUT2D eigenvalue weighted by molar-refractivity contribution is -0.384. The molecule has 1 unspecified atom stereocenters. The van der Waals surface area contributed by atoms with E-state index in [1.807, 2.05) is 11.8 Å². The molecule has 1 amide bonds. The third-order valence-corrected chi connectivity index (χ3v) is 6.72. The van der Waals surface area contributed by atoms with Crippen molar-refractivity contribution in [2.24, 2.45) is 0 Å². The second kappa shape index (κ2) is 8.52. The summed E-state index contributed by atoms with van der Waals surface area (Å²) >= 11 is 1.93. The largest absolute Gasteiger partial charge is 0.379 e.